The van der Waals surface area contributed by atoms with Crippen molar-refractivity contribution in [3.63, 3.8) is 0 Å². The van der Waals surface area contributed by atoms with Crippen molar-refractivity contribution in [3.05, 3.63) is 0 Å². The largest absolute Gasteiger partial charge is 3.00 e. The molecule has 0 spiro atoms. The van der Waals surface area contributed by atoms with Gasteiger partial charge in [0, 0.05) is 76.8 Å². The van der Waals surface area contributed by atoms with Gasteiger partial charge in [0.25, 0.3) is 0 Å². The number of carboxylic acid groups (broad SMARTS) is 6. The van der Waals surface area contributed by atoms with Crippen LogP contribution in [0.2, 0.25) is 0 Å². The molecule has 24 heteroatoms. The maximum absolute atomic E-state index is 13.4. The molecule has 23 nitrogen and oxygen atoms in total. The number of aliphatic hydroxyl groups excluding tert-OH is 5. The van der Waals surface area contributed by atoms with E-state index in [1.165, 1.54) is 11.3 Å². The van der Waals surface area contributed by atoms with Crippen molar-refractivity contribution in [1.29, 1.82) is 0 Å². The first-order chi connectivity index (χ1) is 33.3. The van der Waals surface area contributed by atoms with Gasteiger partial charge < -0.3 is 95.6 Å². The van der Waals surface area contributed by atoms with Crippen LogP contribution >= 0.6 is 0 Å². The zero-order chi connectivity index (χ0) is 53.4. The molecule has 0 aromatic heterocycles. The summed E-state index contributed by atoms with van der Waals surface area (Å²) in [5.74, 6) is -6.21. The van der Waals surface area contributed by atoms with E-state index in [1.807, 2.05) is 0 Å². The second-order valence-corrected chi connectivity index (χ2v) is 21.1. The third kappa shape index (κ3) is 19.1. The predicted octanol–water partition coefficient (Wildman–Crippen LogP) is -9.28. The standard InChI is InChI=1S/C41H66N4O13.C7H17NO5.Gd/c1-25(4-11-34(47)48)29-7-8-30-28-6-5-26-20-27(12-14-40(26,2)31(28)13-15-41(29,30)3)42-33(46)10-9-32(39(57)58)45(18-16-43(21-35(49)50)22-36(51)52)19-17-44(23-37(53)54)24-38(55)56;1-8-2-4(10)6(12)7(13)5(11)3-9;/h25-32H,4-24H2,1-3H3,(H,42,46)(H,47,48)(H,49,50)(H,51,52)(H,53,54)(H,55,56)(H,57,58);4-13H,2-3H2,1H3;/q;;+3/p-5/t25?,26-,27+,28?,29-,30?,31?,32+,40+,41-;4-,5+,6+,7+;/m10./s1. The van der Waals surface area contributed by atoms with Gasteiger partial charge in [0.1, 0.15) is 31.0 Å². The van der Waals surface area contributed by atoms with Crippen LogP contribution in [0.4, 0.5) is 0 Å². The van der Waals surface area contributed by atoms with Crippen molar-refractivity contribution >= 4 is 41.7 Å². The molecule has 413 valence electrons. The molecule has 72 heavy (non-hydrogen) atoms. The van der Waals surface area contributed by atoms with Crippen molar-refractivity contribution in [2.24, 2.45) is 46.3 Å². The number of hydrogen-bond acceptors (Lipinski definition) is 21. The predicted molar refractivity (Wildman–Crippen MR) is 237 cm³/mol. The normalized spacial score (nSPS) is 28.1. The van der Waals surface area contributed by atoms with Crippen LogP contribution in [0.5, 0.6) is 0 Å². The number of carboxylic acids is 6. The molecule has 4 fully saturated rings. The molecule has 4 saturated carbocycles. The van der Waals surface area contributed by atoms with Crippen molar-refractivity contribution in [2.45, 2.75) is 141 Å². The maximum atomic E-state index is 13.4. The summed E-state index contributed by atoms with van der Waals surface area (Å²) in [6.45, 7) is 2.28. The number of quaternary nitrogens is 1. The topological polar surface area (TPSA) is 397 Å². The van der Waals surface area contributed by atoms with Crippen LogP contribution in [-0.4, -0.2) is 191 Å². The second kappa shape index (κ2) is 30.7. The van der Waals surface area contributed by atoms with Gasteiger partial charge >= 0.3 is 39.9 Å². The molecule has 4 unspecified atom stereocenters. The number of nitrogens with one attached hydrogen (secondary N) is 1. The number of nitrogens with two attached hydrogens (primary N) is 1. The fourth-order valence-corrected chi connectivity index (χ4v) is 13.0. The first kappa shape index (κ1) is 65.4. The molecule has 4 aliphatic carbocycles. The molecule has 0 bridgehead atoms. The molecule has 1 amide bonds. The summed E-state index contributed by atoms with van der Waals surface area (Å²) in [5.41, 5.74) is 0.337. The van der Waals surface area contributed by atoms with E-state index in [4.69, 9.17) is 15.3 Å². The molecular formula is C48H78GdN5O18-2. The number of aliphatic hydroxyl groups is 5. The van der Waals surface area contributed by atoms with E-state index in [-0.39, 0.29) is 115 Å². The maximum Gasteiger partial charge on any atom is 3.00 e. The Bertz CT molecular complexity index is 1710. The number of likely N-dealkylation sites (N-methyl/N-ethyl adjacent to an activating group) is 1. The summed E-state index contributed by atoms with van der Waals surface area (Å²) in [6, 6.07) is -1.56. The van der Waals surface area contributed by atoms with E-state index in [9.17, 15) is 74.4 Å². The van der Waals surface area contributed by atoms with Crippen LogP contribution in [0.3, 0.4) is 0 Å². The number of rotatable bonds is 30. The molecular weight excluding hydrogens is 1090 g/mol. The molecule has 4 aliphatic rings. The summed E-state index contributed by atoms with van der Waals surface area (Å²) in [6.07, 6.45) is 4.08. The summed E-state index contributed by atoms with van der Waals surface area (Å²) in [5, 5.41) is 118. The van der Waals surface area contributed by atoms with E-state index in [2.05, 4.69) is 26.1 Å². The van der Waals surface area contributed by atoms with Crippen LogP contribution in [0.1, 0.15) is 104 Å². The van der Waals surface area contributed by atoms with Gasteiger partial charge in [-0.2, -0.15) is 0 Å². The van der Waals surface area contributed by atoms with E-state index >= 15 is 0 Å². The summed E-state index contributed by atoms with van der Waals surface area (Å²) < 4.78 is 0. The Morgan fingerprint density at radius 1 is 0.653 bits per heavy atom. The Labute approximate surface area is 453 Å². The minimum atomic E-state index is -1.59. The van der Waals surface area contributed by atoms with Gasteiger partial charge in [0.15, 0.2) is 0 Å². The van der Waals surface area contributed by atoms with Crippen LogP contribution in [-0.2, 0) is 33.6 Å². The zero-order valence-electron chi connectivity index (χ0n) is 42.0. The smallest absolute Gasteiger partial charge is 0.550 e. The molecule has 0 heterocycles. The summed E-state index contributed by atoms with van der Waals surface area (Å²) in [7, 11) is 1.70. The summed E-state index contributed by atoms with van der Waals surface area (Å²) in [4.78, 5) is 85.2. The average molecular weight is 1170 g/mol. The Balaban J connectivity index is 0.00000111. The van der Waals surface area contributed by atoms with Crippen LogP contribution < -0.4 is 41.3 Å². The first-order valence-electron chi connectivity index (χ1n) is 25.1. The van der Waals surface area contributed by atoms with Crippen molar-refractivity contribution < 1.29 is 135 Å². The number of amides is 1. The molecule has 1 radical (unpaired) electrons. The van der Waals surface area contributed by atoms with Gasteiger partial charge in [0.2, 0.25) is 5.91 Å². The number of carbonyl (C=O) groups is 7. The van der Waals surface area contributed by atoms with Crippen LogP contribution in [0, 0.1) is 86.3 Å². The van der Waals surface area contributed by atoms with Gasteiger partial charge in [-0.15, -0.1) is 0 Å². The van der Waals surface area contributed by atoms with Gasteiger partial charge in [-0.1, -0.05) is 20.8 Å². The Kier molecular flexibility index (Phi) is 27.9. The number of fused-ring (bicyclic) bond motifs is 5. The van der Waals surface area contributed by atoms with E-state index in [0.29, 0.717) is 41.9 Å². The Morgan fingerprint density at radius 2 is 1.17 bits per heavy atom. The van der Waals surface area contributed by atoms with E-state index in [0.717, 1.165) is 61.2 Å². The third-order valence-electron chi connectivity index (χ3n) is 16.6. The summed E-state index contributed by atoms with van der Waals surface area (Å²) >= 11 is 0. The van der Waals surface area contributed by atoms with E-state index < -0.39 is 99.1 Å². The molecule has 0 aliphatic heterocycles. The molecule has 4 rings (SSSR count). The van der Waals surface area contributed by atoms with Crippen LogP contribution in [0.15, 0.2) is 0 Å². The van der Waals surface area contributed by atoms with E-state index in [1.54, 1.807) is 12.4 Å². The number of aliphatic carboxylic acids is 6. The van der Waals surface area contributed by atoms with Gasteiger partial charge in [0.05, 0.1) is 43.5 Å². The fraction of sp³-hybridized carbons (Fsp3) is 0.854. The van der Waals surface area contributed by atoms with Gasteiger partial charge in [-0.3, -0.25) is 19.5 Å². The Morgan fingerprint density at radius 3 is 1.65 bits per heavy atom. The fourth-order valence-electron chi connectivity index (χ4n) is 13.0. The zero-order valence-corrected chi connectivity index (χ0v) is 44.3. The van der Waals surface area contributed by atoms with Gasteiger partial charge in [-0.05, 0) is 123 Å². The Hall–Kier alpha value is -2.75. The SMILES string of the molecule is CC(CCC(=O)[O-])[C@H]1CCC2C3CC[C@@H]4C[C@@H](NC(=O)CC[C@@H](C(=O)[O-])N(CCN(CC(=O)[O-])CC(=O)[O-])CCN(CC(=O)[O-])CC(=O)[O-])CC[C@]4(C)C3CC[C@@]21C.C[NH2+]C[C@H](O)[C@@H](O)[C@H](O)[C@H](O)CO.[Gd+3]. The third-order valence-corrected chi connectivity index (χ3v) is 16.6. The van der Waals surface area contributed by atoms with Gasteiger partial charge in [-0.25, -0.2) is 0 Å². The second-order valence-electron chi connectivity index (χ2n) is 21.1. The first-order valence-corrected chi connectivity index (χ1v) is 25.1. The molecule has 0 aromatic rings. The minimum Gasteiger partial charge on any atom is -0.550 e. The monoisotopic (exact) mass is 1170 g/mol. The minimum absolute atomic E-state index is 0. The molecule has 8 N–H and O–H groups in total. The molecule has 0 aromatic carbocycles. The molecule has 14 atom stereocenters. The average Bonchev–Trinajstić information content (AvgIpc) is 3.64. The van der Waals surface area contributed by atoms with Crippen molar-refractivity contribution in [1.82, 2.24) is 20.0 Å². The van der Waals surface area contributed by atoms with Crippen molar-refractivity contribution in [3.8, 4) is 0 Å². The number of nitrogens with zero attached hydrogens (tertiary/aromatic N) is 3. The van der Waals surface area contributed by atoms with Crippen molar-refractivity contribution in [2.75, 3.05) is 72.6 Å². The van der Waals surface area contributed by atoms with Crippen LogP contribution in [0.25, 0.3) is 0 Å². The quantitative estimate of drug-likeness (QED) is 0.0351. The molecule has 0 saturated heterocycles. The number of hydrogen-bond donors (Lipinski definition) is 7. The number of carbonyl (C=O) groups excluding carboxylic acids is 7.